The van der Waals surface area contributed by atoms with Gasteiger partial charge in [-0.05, 0) is 43.2 Å². The van der Waals surface area contributed by atoms with E-state index in [1.165, 1.54) is 6.08 Å². The molecular weight excluding hydrogens is 375 g/mol. The number of carbonyl (C=O) groups excluding carboxylic acids is 1. The number of hydrogen-bond donors (Lipinski definition) is 1. The van der Waals surface area contributed by atoms with Gasteiger partial charge in [0.25, 0.3) is 5.91 Å². The lowest BCUT2D eigenvalue weighted by Gasteiger charge is -2.09. The Labute approximate surface area is 161 Å². The second-order valence-corrected chi connectivity index (χ2v) is 6.68. The number of furan rings is 1. The zero-order chi connectivity index (χ0) is 18.5. The Morgan fingerprint density at radius 2 is 2.19 bits per heavy atom. The maximum atomic E-state index is 12.2. The molecule has 0 spiro atoms. The highest BCUT2D eigenvalue weighted by Crippen LogP contribution is 2.31. The minimum atomic E-state index is -0.453. The molecule has 1 aliphatic heterocycles. The van der Waals surface area contributed by atoms with Gasteiger partial charge in [-0.25, -0.2) is 0 Å². The Balaban J connectivity index is 1.72. The van der Waals surface area contributed by atoms with Crippen LogP contribution in [0.5, 0.6) is 0 Å². The van der Waals surface area contributed by atoms with E-state index in [9.17, 15) is 10.1 Å². The molecule has 0 radical (unpaired) electrons. The van der Waals surface area contributed by atoms with E-state index in [0.717, 1.165) is 12.8 Å². The number of amides is 1. The van der Waals surface area contributed by atoms with Crippen molar-refractivity contribution in [2.45, 2.75) is 18.9 Å². The van der Waals surface area contributed by atoms with Gasteiger partial charge in [-0.15, -0.1) is 0 Å². The molecule has 0 saturated carbocycles. The van der Waals surface area contributed by atoms with E-state index >= 15 is 0 Å². The number of hydrogen-bond acceptors (Lipinski definition) is 4. The average Bonchev–Trinajstić information content (AvgIpc) is 3.29. The zero-order valence-electron chi connectivity index (χ0n) is 13.8. The second kappa shape index (κ2) is 8.41. The Morgan fingerprint density at radius 1 is 1.35 bits per heavy atom. The van der Waals surface area contributed by atoms with E-state index in [0.29, 0.717) is 40.3 Å². The Kier molecular flexibility index (Phi) is 6.00. The van der Waals surface area contributed by atoms with E-state index in [1.807, 2.05) is 6.07 Å². The van der Waals surface area contributed by atoms with E-state index in [4.69, 9.17) is 32.4 Å². The van der Waals surface area contributed by atoms with Gasteiger partial charge in [0.15, 0.2) is 0 Å². The average molecular weight is 391 g/mol. The predicted octanol–water partition coefficient (Wildman–Crippen LogP) is 4.46. The van der Waals surface area contributed by atoms with E-state index in [2.05, 4.69) is 5.32 Å². The largest absolute Gasteiger partial charge is 0.457 e. The summed E-state index contributed by atoms with van der Waals surface area (Å²) >= 11 is 12.1. The smallest absolute Gasteiger partial charge is 0.262 e. The molecule has 26 heavy (non-hydrogen) atoms. The third-order valence-corrected chi connectivity index (χ3v) is 4.54. The summed E-state index contributed by atoms with van der Waals surface area (Å²) in [5.74, 6) is 0.454. The first-order chi connectivity index (χ1) is 12.6. The highest BCUT2D eigenvalue weighted by atomic mass is 35.5. The summed E-state index contributed by atoms with van der Waals surface area (Å²) in [5.41, 5.74) is 0.642. The van der Waals surface area contributed by atoms with Crippen LogP contribution in [0, 0.1) is 11.3 Å². The lowest BCUT2D eigenvalue weighted by Crippen LogP contribution is -2.32. The fourth-order valence-corrected chi connectivity index (χ4v) is 3.16. The van der Waals surface area contributed by atoms with Gasteiger partial charge in [-0.1, -0.05) is 23.2 Å². The summed E-state index contributed by atoms with van der Waals surface area (Å²) < 4.78 is 11.1. The van der Waals surface area contributed by atoms with Gasteiger partial charge >= 0.3 is 0 Å². The van der Waals surface area contributed by atoms with Gasteiger partial charge in [0.2, 0.25) is 0 Å². The number of nitrogens with one attached hydrogen (secondary N) is 1. The summed E-state index contributed by atoms with van der Waals surface area (Å²) in [6.07, 6.45) is 3.32. The van der Waals surface area contributed by atoms with Crippen molar-refractivity contribution in [2.75, 3.05) is 13.2 Å². The molecule has 1 atom stereocenters. The normalized spacial score (nSPS) is 17.1. The molecule has 0 aliphatic carbocycles. The molecule has 1 fully saturated rings. The SMILES string of the molecule is N#C/C(=C/c1ccc(-c2ccc(Cl)cc2Cl)o1)C(=O)NC[C@@H]1CCCO1. The standard InChI is InChI=1S/C19H16Cl2N2O3/c20-13-3-5-16(17(21)9-13)18-6-4-14(26-18)8-12(10-22)19(24)23-11-15-2-1-7-25-15/h3-6,8-9,15H,1-2,7,11H2,(H,23,24)/b12-8-/t15-/m0/s1. The molecule has 1 saturated heterocycles. The van der Waals surface area contributed by atoms with Gasteiger partial charge in [0.05, 0.1) is 11.1 Å². The lowest BCUT2D eigenvalue weighted by atomic mass is 10.2. The third kappa shape index (κ3) is 4.47. The Hall–Kier alpha value is -2.26. The fourth-order valence-electron chi connectivity index (χ4n) is 2.66. The van der Waals surface area contributed by atoms with Crippen LogP contribution in [0.15, 0.2) is 40.3 Å². The minimum Gasteiger partial charge on any atom is -0.457 e. The number of nitriles is 1. The number of carbonyl (C=O) groups is 1. The highest BCUT2D eigenvalue weighted by molar-refractivity contribution is 6.36. The molecule has 5 nitrogen and oxygen atoms in total. The molecule has 1 aliphatic rings. The molecule has 1 amide bonds. The first-order valence-corrected chi connectivity index (χ1v) is 8.89. The summed E-state index contributed by atoms with van der Waals surface area (Å²) in [5, 5.41) is 13.0. The lowest BCUT2D eigenvalue weighted by molar-refractivity contribution is -0.117. The van der Waals surface area contributed by atoms with Crippen LogP contribution in [-0.4, -0.2) is 25.2 Å². The summed E-state index contributed by atoms with van der Waals surface area (Å²) in [7, 11) is 0. The predicted molar refractivity (Wildman–Crippen MR) is 99.7 cm³/mol. The molecule has 2 aromatic rings. The van der Waals surface area contributed by atoms with Crippen molar-refractivity contribution in [1.29, 1.82) is 5.26 Å². The molecule has 1 aromatic carbocycles. The van der Waals surface area contributed by atoms with Crippen LogP contribution >= 0.6 is 23.2 Å². The van der Waals surface area contributed by atoms with Crippen molar-refractivity contribution < 1.29 is 13.9 Å². The van der Waals surface area contributed by atoms with Gasteiger partial charge in [-0.3, -0.25) is 4.79 Å². The van der Waals surface area contributed by atoms with Crippen molar-refractivity contribution in [3.63, 3.8) is 0 Å². The Morgan fingerprint density at radius 3 is 2.88 bits per heavy atom. The topological polar surface area (TPSA) is 75.3 Å². The van der Waals surface area contributed by atoms with Crippen LogP contribution in [0.2, 0.25) is 10.0 Å². The van der Waals surface area contributed by atoms with Gasteiger partial charge in [0, 0.05) is 29.8 Å². The van der Waals surface area contributed by atoms with Crippen molar-refractivity contribution in [3.8, 4) is 17.4 Å². The van der Waals surface area contributed by atoms with Crippen molar-refractivity contribution >= 4 is 35.2 Å². The summed E-state index contributed by atoms with van der Waals surface area (Å²) in [6, 6.07) is 10.4. The molecule has 1 aromatic heterocycles. The maximum Gasteiger partial charge on any atom is 0.262 e. The minimum absolute atomic E-state index is 0.0150. The molecule has 7 heteroatoms. The van der Waals surface area contributed by atoms with E-state index in [1.54, 1.807) is 30.3 Å². The molecule has 134 valence electrons. The number of halogens is 2. The first kappa shape index (κ1) is 18.5. The van der Waals surface area contributed by atoms with Crippen LogP contribution in [0.1, 0.15) is 18.6 Å². The van der Waals surface area contributed by atoms with E-state index < -0.39 is 5.91 Å². The Bertz CT molecular complexity index is 877. The van der Waals surface area contributed by atoms with Crippen LogP contribution in [0.4, 0.5) is 0 Å². The van der Waals surface area contributed by atoms with Crippen molar-refractivity contribution in [1.82, 2.24) is 5.32 Å². The van der Waals surface area contributed by atoms with Gasteiger partial charge in [-0.2, -0.15) is 5.26 Å². The number of nitrogens with zero attached hydrogens (tertiary/aromatic N) is 1. The molecule has 2 heterocycles. The highest BCUT2D eigenvalue weighted by Gasteiger charge is 2.18. The maximum absolute atomic E-state index is 12.2. The van der Waals surface area contributed by atoms with Crippen LogP contribution in [-0.2, 0) is 9.53 Å². The number of ether oxygens (including phenoxy) is 1. The molecule has 0 unspecified atom stereocenters. The first-order valence-electron chi connectivity index (χ1n) is 8.13. The molecule has 0 bridgehead atoms. The third-order valence-electron chi connectivity index (χ3n) is 3.99. The quantitative estimate of drug-likeness (QED) is 0.603. The molecule has 1 N–H and O–H groups in total. The monoisotopic (exact) mass is 390 g/mol. The van der Waals surface area contributed by atoms with Gasteiger partial charge in [0.1, 0.15) is 23.2 Å². The number of rotatable bonds is 5. The molecule has 3 rings (SSSR count). The van der Waals surface area contributed by atoms with E-state index in [-0.39, 0.29) is 11.7 Å². The fraction of sp³-hybridized carbons (Fsp3) is 0.263. The second-order valence-electron chi connectivity index (χ2n) is 5.84. The van der Waals surface area contributed by atoms with Crippen molar-refractivity contribution in [2.24, 2.45) is 0 Å². The van der Waals surface area contributed by atoms with Gasteiger partial charge < -0.3 is 14.5 Å². The zero-order valence-corrected chi connectivity index (χ0v) is 15.3. The van der Waals surface area contributed by atoms with Crippen molar-refractivity contribution in [3.05, 3.63) is 51.7 Å². The van der Waals surface area contributed by atoms with Crippen LogP contribution in [0.3, 0.4) is 0 Å². The van der Waals surface area contributed by atoms with Crippen LogP contribution in [0.25, 0.3) is 17.4 Å². The molecular formula is C19H16Cl2N2O3. The summed E-state index contributed by atoms with van der Waals surface area (Å²) in [4.78, 5) is 12.2. The van der Waals surface area contributed by atoms with Crippen LogP contribution < -0.4 is 5.32 Å². The summed E-state index contributed by atoms with van der Waals surface area (Å²) in [6.45, 7) is 1.10. The number of benzene rings is 1.